The Morgan fingerprint density at radius 3 is 2.48 bits per heavy atom. The van der Waals surface area contributed by atoms with Crippen LogP contribution in [-0.4, -0.2) is 54.2 Å². The highest BCUT2D eigenvalue weighted by atomic mass is 32.1. The number of hydrogen-bond donors (Lipinski definition) is 1. The molecule has 33 heavy (non-hydrogen) atoms. The van der Waals surface area contributed by atoms with Gasteiger partial charge in [-0.05, 0) is 24.6 Å². The lowest BCUT2D eigenvalue weighted by molar-refractivity contribution is -0.147. The van der Waals surface area contributed by atoms with Crippen LogP contribution in [-0.2, 0) is 30.3 Å². The molecule has 0 saturated heterocycles. The highest BCUT2D eigenvalue weighted by Crippen LogP contribution is 2.34. The second-order valence-electron chi connectivity index (χ2n) is 6.62. The van der Waals surface area contributed by atoms with Crippen LogP contribution >= 0.6 is 11.3 Å². The third-order valence-electron chi connectivity index (χ3n) is 4.56. The summed E-state index contributed by atoms with van der Waals surface area (Å²) in [5.41, 5.74) is 0.750. The number of benzene rings is 1. The zero-order valence-electron chi connectivity index (χ0n) is 17.9. The van der Waals surface area contributed by atoms with Gasteiger partial charge in [-0.1, -0.05) is 12.1 Å². The first-order chi connectivity index (χ1) is 15.8. The Labute approximate surface area is 190 Å². The second kappa shape index (κ2) is 10.0. The molecule has 0 aliphatic carbocycles. The first kappa shape index (κ1) is 23.6. The summed E-state index contributed by atoms with van der Waals surface area (Å²) in [6, 6.07) is 6.77. The van der Waals surface area contributed by atoms with Crippen LogP contribution in [0.25, 0.3) is 11.0 Å². The Kier molecular flexibility index (Phi) is 7.18. The monoisotopic (exact) mass is 473 g/mol. The van der Waals surface area contributed by atoms with Gasteiger partial charge in [0, 0.05) is 0 Å². The molecule has 0 fully saturated rings. The average molecular weight is 473 g/mol. The van der Waals surface area contributed by atoms with Gasteiger partial charge in [-0.2, -0.15) is 0 Å². The molecule has 0 bridgehead atoms. The number of ether oxygens (including phenoxy) is 3. The number of para-hydroxylation sites is 2. The lowest BCUT2D eigenvalue weighted by Gasteiger charge is -2.10. The largest absolute Gasteiger partial charge is 0.465 e. The van der Waals surface area contributed by atoms with Crippen molar-refractivity contribution in [3.63, 3.8) is 0 Å². The van der Waals surface area contributed by atoms with Gasteiger partial charge in [0.05, 0.1) is 37.0 Å². The zero-order valence-corrected chi connectivity index (χ0v) is 18.7. The molecule has 0 aliphatic heterocycles. The van der Waals surface area contributed by atoms with Gasteiger partial charge < -0.3 is 19.5 Å². The van der Waals surface area contributed by atoms with Gasteiger partial charge in [0.2, 0.25) is 0 Å². The molecule has 12 heteroatoms. The fourth-order valence-corrected chi connectivity index (χ4v) is 4.13. The lowest BCUT2D eigenvalue weighted by atomic mass is 10.1. The van der Waals surface area contributed by atoms with E-state index in [0.29, 0.717) is 11.0 Å². The second-order valence-corrected chi connectivity index (χ2v) is 7.64. The van der Waals surface area contributed by atoms with Crippen LogP contribution in [0.1, 0.15) is 25.6 Å². The molecule has 1 N–H and O–H groups in total. The highest BCUT2D eigenvalue weighted by Gasteiger charge is 2.27. The summed E-state index contributed by atoms with van der Waals surface area (Å²) in [6.07, 6.45) is 1.09. The number of carbonyl (C=O) groups is 4. The van der Waals surface area contributed by atoms with E-state index in [4.69, 9.17) is 9.47 Å². The van der Waals surface area contributed by atoms with E-state index in [2.05, 4.69) is 15.0 Å². The number of nitrogens with zero attached hydrogens (tertiary/aromatic N) is 2. The van der Waals surface area contributed by atoms with E-state index in [1.807, 2.05) is 0 Å². The molecule has 0 radical (unpaired) electrons. The van der Waals surface area contributed by atoms with Crippen molar-refractivity contribution in [3.8, 4) is 0 Å². The van der Waals surface area contributed by atoms with Crippen molar-refractivity contribution in [2.45, 2.75) is 13.5 Å². The third-order valence-corrected chi connectivity index (χ3v) is 5.75. The summed E-state index contributed by atoms with van der Waals surface area (Å²) in [5.74, 6) is -3.01. The van der Waals surface area contributed by atoms with Crippen molar-refractivity contribution in [2.24, 2.45) is 0 Å². The van der Waals surface area contributed by atoms with E-state index in [9.17, 15) is 24.0 Å². The van der Waals surface area contributed by atoms with Gasteiger partial charge in [0.25, 0.3) is 11.5 Å². The molecule has 172 valence electrons. The minimum absolute atomic E-state index is 0.00242. The van der Waals surface area contributed by atoms with Crippen LogP contribution in [0.15, 0.2) is 35.3 Å². The topological polar surface area (TPSA) is 143 Å². The van der Waals surface area contributed by atoms with Crippen molar-refractivity contribution in [1.29, 1.82) is 0 Å². The van der Waals surface area contributed by atoms with Gasteiger partial charge in [-0.3, -0.25) is 19.0 Å². The number of methoxy groups -OCH3 is 2. The Balaban J connectivity index is 1.71. The molecule has 3 rings (SSSR count). The van der Waals surface area contributed by atoms with E-state index in [-0.39, 0.29) is 21.0 Å². The molecule has 2 heterocycles. The molecular weight excluding hydrogens is 454 g/mol. The molecule has 1 aromatic carbocycles. The summed E-state index contributed by atoms with van der Waals surface area (Å²) in [7, 11) is 2.35. The number of amides is 1. The Bertz CT molecular complexity index is 1310. The maximum Gasteiger partial charge on any atom is 0.348 e. The fraction of sp³-hybridized carbons (Fsp3) is 0.238. The van der Waals surface area contributed by atoms with E-state index in [1.54, 1.807) is 24.3 Å². The fourth-order valence-electron chi connectivity index (χ4n) is 3.00. The van der Waals surface area contributed by atoms with E-state index < -0.39 is 42.5 Å². The molecule has 0 unspecified atom stereocenters. The lowest BCUT2D eigenvalue weighted by Crippen LogP contribution is -2.28. The number of nitrogens with one attached hydrogen (secondary N) is 1. The molecule has 2 aromatic heterocycles. The standard InChI is InChI=1S/C21H19N3O8S/c1-11-17(20(28)30-2)19(33-18(11)21(29)31-3)23-14(25)10-32-16(27)9-24-13-7-5-4-6-12(13)22-8-15(24)26/h4-8H,9-10H2,1-3H3,(H,23,25). The van der Waals surface area contributed by atoms with Crippen molar-refractivity contribution in [2.75, 3.05) is 26.1 Å². The summed E-state index contributed by atoms with van der Waals surface area (Å²) >= 11 is 0.831. The Morgan fingerprint density at radius 2 is 1.79 bits per heavy atom. The molecular formula is C21H19N3O8S. The first-order valence-electron chi connectivity index (χ1n) is 9.46. The van der Waals surface area contributed by atoms with Crippen molar-refractivity contribution in [3.05, 3.63) is 56.8 Å². The zero-order chi connectivity index (χ0) is 24.1. The average Bonchev–Trinajstić information content (AvgIpc) is 3.14. The normalized spacial score (nSPS) is 10.5. The summed E-state index contributed by atoms with van der Waals surface area (Å²) < 4.78 is 15.6. The van der Waals surface area contributed by atoms with Crippen LogP contribution in [0.4, 0.5) is 5.00 Å². The van der Waals surface area contributed by atoms with Gasteiger partial charge in [0.1, 0.15) is 16.4 Å². The van der Waals surface area contributed by atoms with Gasteiger partial charge >= 0.3 is 17.9 Å². The number of fused-ring (bicyclic) bond motifs is 1. The minimum Gasteiger partial charge on any atom is -0.465 e. The SMILES string of the molecule is COC(=O)c1sc(NC(=O)COC(=O)Cn2c(=O)cnc3ccccc32)c(C(=O)OC)c1C. The molecule has 1 amide bonds. The number of aromatic nitrogens is 2. The first-order valence-corrected chi connectivity index (χ1v) is 10.3. The van der Waals surface area contributed by atoms with Gasteiger partial charge in [-0.15, -0.1) is 11.3 Å². The van der Waals surface area contributed by atoms with Crippen LogP contribution in [0.5, 0.6) is 0 Å². The van der Waals surface area contributed by atoms with E-state index in [0.717, 1.165) is 24.6 Å². The maximum absolute atomic E-state index is 12.3. The summed E-state index contributed by atoms with van der Waals surface area (Å²) in [5, 5.41) is 2.49. The highest BCUT2D eigenvalue weighted by molar-refractivity contribution is 7.18. The van der Waals surface area contributed by atoms with Crippen molar-refractivity contribution < 1.29 is 33.4 Å². The Hall–Kier alpha value is -4.06. The van der Waals surface area contributed by atoms with Crippen LogP contribution in [0.2, 0.25) is 0 Å². The number of hydrogen-bond acceptors (Lipinski definition) is 10. The summed E-state index contributed by atoms with van der Waals surface area (Å²) in [6.45, 7) is 0.413. The molecule has 0 aliphatic rings. The van der Waals surface area contributed by atoms with E-state index >= 15 is 0 Å². The van der Waals surface area contributed by atoms with Crippen LogP contribution in [0, 0.1) is 6.92 Å². The number of rotatable bonds is 7. The Morgan fingerprint density at radius 1 is 1.09 bits per heavy atom. The van der Waals surface area contributed by atoms with Gasteiger partial charge in [0.15, 0.2) is 6.61 Å². The molecule has 0 atom stereocenters. The quantitative estimate of drug-likeness (QED) is 0.399. The van der Waals surface area contributed by atoms with Crippen molar-refractivity contribution >= 4 is 51.2 Å². The maximum atomic E-state index is 12.3. The predicted molar refractivity (Wildman–Crippen MR) is 117 cm³/mol. The number of esters is 3. The third kappa shape index (κ3) is 5.06. The number of thiophene rings is 1. The van der Waals surface area contributed by atoms with E-state index in [1.165, 1.54) is 18.6 Å². The number of anilines is 1. The molecule has 0 spiro atoms. The van der Waals surface area contributed by atoms with Crippen LogP contribution in [0.3, 0.4) is 0 Å². The minimum atomic E-state index is -0.825. The molecule has 3 aromatic rings. The smallest absolute Gasteiger partial charge is 0.348 e. The van der Waals surface area contributed by atoms with Crippen LogP contribution < -0.4 is 10.9 Å². The van der Waals surface area contributed by atoms with Gasteiger partial charge in [-0.25, -0.2) is 14.6 Å². The molecule has 0 saturated carbocycles. The number of carbonyl (C=O) groups excluding carboxylic acids is 4. The summed E-state index contributed by atoms with van der Waals surface area (Å²) in [4.78, 5) is 64.9. The molecule has 11 nitrogen and oxygen atoms in total. The van der Waals surface area contributed by atoms with Crippen molar-refractivity contribution in [1.82, 2.24) is 9.55 Å². The predicted octanol–water partition coefficient (Wildman–Crippen LogP) is 1.52.